The minimum Gasteiger partial charge on any atom is -0.379 e. The van der Waals surface area contributed by atoms with Gasteiger partial charge in [-0.15, -0.1) is 0 Å². The summed E-state index contributed by atoms with van der Waals surface area (Å²) in [6.07, 6.45) is -3.66. The average molecular weight is 473 g/mol. The number of rotatable bonds is 7. The molecule has 2 aromatic rings. The minimum atomic E-state index is -4.68. The van der Waals surface area contributed by atoms with E-state index in [9.17, 15) is 36.3 Å². The Labute approximate surface area is 182 Å². The van der Waals surface area contributed by atoms with Crippen molar-refractivity contribution < 1.29 is 36.3 Å². The van der Waals surface area contributed by atoms with Gasteiger partial charge >= 0.3 is 6.18 Å². The Morgan fingerprint density at radius 2 is 1.75 bits per heavy atom. The predicted octanol–water partition coefficient (Wildman–Crippen LogP) is 2.19. The number of pyridine rings is 1. The summed E-state index contributed by atoms with van der Waals surface area (Å²) in [5.41, 5.74) is -3.35. The summed E-state index contributed by atoms with van der Waals surface area (Å²) in [4.78, 5) is 27.5. The molecule has 0 aliphatic heterocycles. The third kappa shape index (κ3) is 5.82. The predicted molar refractivity (Wildman–Crippen MR) is 110 cm³/mol. The van der Waals surface area contributed by atoms with Gasteiger partial charge in [-0.05, 0) is 49.2 Å². The number of carbonyl (C=O) groups excluding carboxylic acids is 2. The van der Waals surface area contributed by atoms with Gasteiger partial charge in [-0.2, -0.15) is 13.2 Å². The molecule has 174 valence electrons. The number of amides is 2. The molecule has 1 aromatic heterocycles. The van der Waals surface area contributed by atoms with Crippen LogP contribution in [-0.4, -0.2) is 48.7 Å². The third-order valence-electron chi connectivity index (χ3n) is 4.58. The summed E-state index contributed by atoms with van der Waals surface area (Å²) in [5, 5.41) is 14.9. The molecule has 0 bridgehead atoms. The van der Waals surface area contributed by atoms with E-state index in [1.54, 1.807) is 0 Å². The lowest BCUT2D eigenvalue weighted by Crippen LogP contribution is -2.46. The lowest BCUT2D eigenvalue weighted by atomic mass is 10.1. The lowest BCUT2D eigenvalue weighted by molar-refractivity contribution is -0.138. The molecule has 1 heterocycles. The van der Waals surface area contributed by atoms with Crippen LogP contribution in [0.3, 0.4) is 0 Å². The van der Waals surface area contributed by atoms with Crippen molar-refractivity contribution in [1.29, 1.82) is 0 Å². The summed E-state index contributed by atoms with van der Waals surface area (Å²) in [5.74, 6) is -3.20. The second-order valence-corrected chi connectivity index (χ2v) is 9.16. The molecular formula is C20H22F3N3O5S. The highest BCUT2D eigenvalue weighted by Gasteiger charge is 2.38. The van der Waals surface area contributed by atoms with E-state index >= 15 is 0 Å². The van der Waals surface area contributed by atoms with Crippen LogP contribution in [0, 0.1) is 0 Å². The van der Waals surface area contributed by atoms with Gasteiger partial charge in [-0.25, -0.2) is 13.4 Å². The number of nitrogens with one attached hydrogen (secondary N) is 2. The summed E-state index contributed by atoms with van der Waals surface area (Å²) in [6, 6.07) is 5.44. The van der Waals surface area contributed by atoms with Gasteiger partial charge in [0.1, 0.15) is 5.82 Å². The number of alkyl halides is 3. The number of anilines is 1. The quantitative estimate of drug-likeness (QED) is 0.566. The highest BCUT2D eigenvalue weighted by Crippen LogP contribution is 2.33. The van der Waals surface area contributed by atoms with E-state index in [-0.39, 0.29) is 22.4 Å². The Kier molecular flexibility index (Phi) is 7.30. The van der Waals surface area contributed by atoms with Crippen LogP contribution < -0.4 is 10.6 Å². The summed E-state index contributed by atoms with van der Waals surface area (Å²) >= 11 is 0. The van der Waals surface area contributed by atoms with E-state index in [0.29, 0.717) is 6.07 Å². The van der Waals surface area contributed by atoms with Crippen LogP contribution in [-0.2, 0) is 27.2 Å². The van der Waals surface area contributed by atoms with Gasteiger partial charge in [0.25, 0.3) is 11.8 Å². The molecule has 12 heteroatoms. The van der Waals surface area contributed by atoms with Gasteiger partial charge < -0.3 is 15.7 Å². The van der Waals surface area contributed by atoms with Crippen molar-refractivity contribution >= 4 is 27.5 Å². The zero-order valence-electron chi connectivity index (χ0n) is 17.4. The molecule has 0 radical (unpaired) electrons. The van der Waals surface area contributed by atoms with E-state index in [4.69, 9.17) is 0 Å². The molecule has 0 unspecified atom stereocenters. The summed E-state index contributed by atoms with van der Waals surface area (Å²) < 4.78 is 64.9. The van der Waals surface area contributed by atoms with E-state index < -0.39 is 50.6 Å². The second-order valence-electron chi connectivity index (χ2n) is 7.17. The van der Waals surface area contributed by atoms with Crippen molar-refractivity contribution in [2.45, 2.75) is 36.9 Å². The number of halogens is 3. The molecule has 2 amide bonds. The maximum atomic E-state index is 13.2. The molecule has 2 rings (SSSR count). The van der Waals surface area contributed by atoms with Crippen LogP contribution in [0.4, 0.5) is 19.0 Å². The molecule has 1 aromatic carbocycles. The summed E-state index contributed by atoms with van der Waals surface area (Å²) in [7, 11) is -2.78. The standard InChI is InChI=1S/C20H22F3N3O5S/c1-4-12-10-25-16(9-15(12)20(21,22)23)26-18(28)19(2,29)11-32(30,31)14-7-5-13(6-8-14)17(27)24-3/h5-10,29H,4,11H2,1-3H3,(H,24,27)(H,25,26,28)/t19-/m0/s1. The van der Waals surface area contributed by atoms with Gasteiger partial charge in [-0.1, -0.05) is 6.92 Å². The Bertz CT molecular complexity index is 1110. The third-order valence-corrected chi connectivity index (χ3v) is 6.51. The molecule has 0 fully saturated rings. The maximum absolute atomic E-state index is 13.2. The SMILES string of the molecule is CCc1cnc(NC(=O)[C@@](C)(O)CS(=O)(=O)c2ccc(C(=O)NC)cc2)cc1C(F)(F)F. The fraction of sp³-hybridized carbons (Fsp3) is 0.350. The number of hydrogen-bond donors (Lipinski definition) is 3. The van der Waals surface area contributed by atoms with Crippen molar-refractivity contribution in [2.75, 3.05) is 18.1 Å². The van der Waals surface area contributed by atoms with E-state index in [2.05, 4.69) is 10.3 Å². The van der Waals surface area contributed by atoms with E-state index in [1.165, 1.54) is 26.1 Å². The fourth-order valence-corrected chi connectivity index (χ4v) is 4.41. The van der Waals surface area contributed by atoms with Crippen LogP contribution in [0.25, 0.3) is 0 Å². The molecular weight excluding hydrogens is 451 g/mol. The zero-order valence-corrected chi connectivity index (χ0v) is 18.3. The molecule has 1 atom stereocenters. The number of carbonyl (C=O) groups is 2. The van der Waals surface area contributed by atoms with Crippen molar-refractivity contribution in [1.82, 2.24) is 10.3 Å². The number of sulfone groups is 1. The number of aliphatic hydroxyl groups is 1. The van der Waals surface area contributed by atoms with Crippen LogP contribution in [0.15, 0.2) is 41.4 Å². The Morgan fingerprint density at radius 3 is 2.25 bits per heavy atom. The van der Waals surface area contributed by atoms with E-state index in [1.807, 2.05) is 5.32 Å². The van der Waals surface area contributed by atoms with Crippen LogP contribution in [0.1, 0.15) is 35.3 Å². The number of aromatic nitrogens is 1. The molecule has 0 spiro atoms. The van der Waals surface area contributed by atoms with Gasteiger partial charge in [-0.3, -0.25) is 9.59 Å². The smallest absolute Gasteiger partial charge is 0.379 e. The second kappa shape index (κ2) is 9.25. The highest BCUT2D eigenvalue weighted by atomic mass is 32.2. The Balaban J connectivity index is 2.23. The van der Waals surface area contributed by atoms with Crippen molar-refractivity contribution in [2.24, 2.45) is 0 Å². The first-order valence-electron chi connectivity index (χ1n) is 9.36. The van der Waals surface area contributed by atoms with Gasteiger partial charge in [0, 0.05) is 18.8 Å². The first kappa shape index (κ1) is 25.3. The number of aryl methyl sites for hydroxylation is 1. The molecule has 32 heavy (non-hydrogen) atoms. The average Bonchev–Trinajstić information content (AvgIpc) is 2.71. The molecule has 0 aliphatic carbocycles. The first-order valence-corrected chi connectivity index (χ1v) is 11.0. The van der Waals surface area contributed by atoms with Crippen LogP contribution in [0.5, 0.6) is 0 Å². The maximum Gasteiger partial charge on any atom is 0.416 e. The summed E-state index contributed by atoms with van der Waals surface area (Å²) in [6.45, 7) is 2.44. The largest absolute Gasteiger partial charge is 0.416 e. The molecule has 0 saturated carbocycles. The zero-order chi connectivity index (χ0) is 24.3. The fourth-order valence-electron chi connectivity index (χ4n) is 2.83. The number of hydrogen-bond acceptors (Lipinski definition) is 6. The Morgan fingerprint density at radius 1 is 1.16 bits per heavy atom. The van der Waals surface area contributed by atoms with Crippen molar-refractivity contribution in [3.63, 3.8) is 0 Å². The molecule has 3 N–H and O–H groups in total. The van der Waals surface area contributed by atoms with Crippen LogP contribution >= 0.6 is 0 Å². The molecule has 8 nitrogen and oxygen atoms in total. The number of benzene rings is 1. The number of nitrogens with zero attached hydrogens (tertiary/aromatic N) is 1. The highest BCUT2D eigenvalue weighted by molar-refractivity contribution is 7.91. The lowest BCUT2D eigenvalue weighted by Gasteiger charge is -2.22. The normalized spacial score (nSPS) is 13.8. The van der Waals surface area contributed by atoms with Crippen molar-refractivity contribution in [3.8, 4) is 0 Å². The molecule has 0 aliphatic rings. The van der Waals surface area contributed by atoms with Gasteiger partial charge in [0.2, 0.25) is 0 Å². The monoisotopic (exact) mass is 473 g/mol. The molecule has 0 saturated heterocycles. The minimum absolute atomic E-state index is 0.0603. The Hall–Kier alpha value is -2.99. The van der Waals surface area contributed by atoms with E-state index in [0.717, 1.165) is 25.3 Å². The topological polar surface area (TPSA) is 125 Å². The van der Waals surface area contributed by atoms with Gasteiger partial charge in [0.15, 0.2) is 15.4 Å². The van der Waals surface area contributed by atoms with Crippen LogP contribution in [0.2, 0.25) is 0 Å². The first-order chi connectivity index (χ1) is 14.7. The van der Waals surface area contributed by atoms with Gasteiger partial charge in [0.05, 0.1) is 16.2 Å². The van der Waals surface area contributed by atoms with Crippen molar-refractivity contribution in [3.05, 3.63) is 53.2 Å².